The van der Waals surface area contributed by atoms with E-state index in [0.717, 1.165) is 27.9 Å². The maximum absolute atomic E-state index is 14.6. The molecule has 12 heteroatoms. The van der Waals surface area contributed by atoms with Crippen molar-refractivity contribution in [1.82, 2.24) is 14.9 Å². The summed E-state index contributed by atoms with van der Waals surface area (Å²) in [5.41, 5.74) is 3.93. The summed E-state index contributed by atoms with van der Waals surface area (Å²) in [5.74, 6) is 4.29. The van der Waals surface area contributed by atoms with Gasteiger partial charge >= 0.3 is 5.97 Å². The van der Waals surface area contributed by atoms with E-state index in [0.29, 0.717) is 65.2 Å². The van der Waals surface area contributed by atoms with Crippen molar-refractivity contribution in [3.8, 4) is 17.6 Å². The fraction of sp³-hybridized carbons (Fsp3) is 0.278. The van der Waals surface area contributed by atoms with E-state index in [1.54, 1.807) is 18.2 Å². The molecule has 0 saturated heterocycles. The first kappa shape index (κ1) is 33.1. The van der Waals surface area contributed by atoms with E-state index in [4.69, 9.17) is 4.74 Å². The highest BCUT2D eigenvalue weighted by molar-refractivity contribution is 7.22. The van der Waals surface area contributed by atoms with Crippen LogP contribution in [0.15, 0.2) is 60.7 Å². The lowest BCUT2D eigenvalue weighted by atomic mass is 9.94. The summed E-state index contributed by atoms with van der Waals surface area (Å²) in [6.45, 7) is 4.79. The molecule has 3 heterocycles. The van der Waals surface area contributed by atoms with E-state index < -0.39 is 11.8 Å². The Hall–Kier alpha value is -4.83. The van der Waals surface area contributed by atoms with Gasteiger partial charge in [0.1, 0.15) is 0 Å². The van der Waals surface area contributed by atoms with Crippen molar-refractivity contribution in [2.24, 2.45) is 0 Å². The van der Waals surface area contributed by atoms with Gasteiger partial charge in [0.05, 0.1) is 23.4 Å². The molecule has 5 aromatic rings. The summed E-state index contributed by atoms with van der Waals surface area (Å²) in [4.78, 5) is 39.3. The number of aryl methyl sites for hydroxylation is 1. The van der Waals surface area contributed by atoms with E-state index in [1.807, 2.05) is 55.3 Å². The summed E-state index contributed by atoms with van der Waals surface area (Å²) in [6, 6.07) is 18.1. The monoisotopic (exact) mass is 683 g/mol. The van der Waals surface area contributed by atoms with E-state index in [9.17, 15) is 19.1 Å². The van der Waals surface area contributed by atoms with Gasteiger partial charge in [0.2, 0.25) is 0 Å². The van der Waals surface area contributed by atoms with Crippen LogP contribution in [0.3, 0.4) is 0 Å². The fourth-order valence-electron chi connectivity index (χ4n) is 5.36. The highest BCUT2D eigenvalue weighted by atomic mass is 32.1. The number of benzene rings is 3. The third-order valence-corrected chi connectivity index (χ3v) is 10.2. The molecule has 0 saturated carbocycles. The van der Waals surface area contributed by atoms with E-state index in [1.165, 1.54) is 28.7 Å². The molecule has 0 unspecified atom stereocenters. The number of anilines is 2. The lowest BCUT2D eigenvalue weighted by Crippen LogP contribution is -2.32. The Kier molecular flexibility index (Phi) is 10.3. The predicted octanol–water partition coefficient (Wildman–Crippen LogP) is 6.72. The second-order valence-electron chi connectivity index (χ2n) is 11.4. The number of hydrogen-bond acceptors (Lipinski definition) is 9. The van der Waals surface area contributed by atoms with Gasteiger partial charge in [-0.25, -0.2) is 19.2 Å². The smallest absolute Gasteiger partial charge is 0.355 e. The number of carbonyl (C=O) groups is 2. The molecule has 0 fully saturated rings. The number of rotatable bonds is 11. The number of hydrogen-bond donors (Lipinski definition) is 2. The number of amides is 1. The predicted molar refractivity (Wildman–Crippen MR) is 188 cm³/mol. The quantitative estimate of drug-likeness (QED) is 0.117. The van der Waals surface area contributed by atoms with Gasteiger partial charge in [-0.05, 0) is 80.4 Å². The summed E-state index contributed by atoms with van der Waals surface area (Å²) in [7, 11) is 1.97. The summed E-state index contributed by atoms with van der Waals surface area (Å²) in [6.07, 6.45) is 1.58. The molecule has 0 atom stereocenters. The average molecular weight is 684 g/mol. The maximum atomic E-state index is 14.6. The molecule has 6 rings (SSSR count). The highest BCUT2D eigenvalue weighted by Gasteiger charge is 2.26. The first-order valence-electron chi connectivity index (χ1n) is 15.6. The van der Waals surface area contributed by atoms with Crippen molar-refractivity contribution in [2.75, 3.05) is 43.5 Å². The number of ether oxygens (including phenoxy) is 1. The standard InChI is InChI=1S/C36H34FN5O4S2/c1-3-41(2)18-7-9-23-15-16-29(27(37)21-23)46-20-8-14-31-32(34(44)45)39-36(48-31)42-19-17-24-10-6-11-25(26(24)22-42)33(43)40-35-38-28-12-4-5-13-30(28)47-35/h4-6,10-13,15-16,21H,3,8,14,17-20,22H2,1-2H3,(H,44,45)(H,38,40,43). The van der Waals surface area contributed by atoms with Crippen LogP contribution < -0.4 is 15.0 Å². The number of carboxylic acid groups (broad SMARTS) is 1. The molecule has 9 nitrogen and oxygen atoms in total. The third-order valence-electron chi connectivity index (χ3n) is 8.05. The molecule has 3 aromatic carbocycles. The minimum absolute atomic E-state index is 0.00508. The molecular formula is C36H34FN5O4S2. The summed E-state index contributed by atoms with van der Waals surface area (Å²) in [5, 5.41) is 14.0. The van der Waals surface area contributed by atoms with Crippen LogP contribution in [-0.4, -0.2) is 65.1 Å². The zero-order valence-corrected chi connectivity index (χ0v) is 28.2. The van der Waals surface area contributed by atoms with Crippen LogP contribution in [0.2, 0.25) is 0 Å². The number of nitrogens with one attached hydrogen (secondary N) is 1. The molecule has 0 spiro atoms. The van der Waals surface area contributed by atoms with E-state index >= 15 is 0 Å². The van der Waals surface area contributed by atoms with Gasteiger partial charge in [-0.3, -0.25) is 15.0 Å². The molecule has 48 heavy (non-hydrogen) atoms. The zero-order valence-electron chi connectivity index (χ0n) is 26.6. The van der Waals surface area contributed by atoms with Crippen molar-refractivity contribution in [3.63, 3.8) is 0 Å². The molecule has 1 aliphatic rings. The second-order valence-corrected chi connectivity index (χ2v) is 13.5. The van der Waals surface area contributed by atoms with Crippen LogP contribution in [-0.2, 0) is 19.4 Å². The Labute approximate surface area is 286 Å². The molecule has 2 N–H and O–H groups in total. The number of para-hydroxylation sites is 1. The molecule has 2 aromatic heterocycles. The molecule has 1 amide bonds. The van der Waals surface area contributed by atoms with Crippen LogP contribution in [0.1, 0.15) is 55.8 Å². The SMILES string of the molecule is CCN(C)CC#Cc1ccc(OCCCc2sc(N3CCc4cccc(C(=O)Nc5nc6ccccc6s5)c4C3)nc2C(=O)O)c(F)c1. The van der Waals surface area contributed by atoms with Gasteiger partial charge < -0.3 is 14.7 Å². The molecule has 1 aliphatic heterocycles. The number of carboxylic acids is 1. The summed E-state index contributed by atoms with van der Waals surface area (Å²) >= 11 is 2.75. The minimum atomic E-state index is -1.10. The Bertz CT molecular complexity index is 2000. The number of nitrogens with zero attached hydrogens (tertiary/aromatic N) is 4. The molecular weight excluding hydrogens is 650 g/mol. The van der Waals surface area contributed by atoms with Gasteiger partial charge in [0.15, 0.2) is 27.5 Å². The topological polar surface area (TPSA) is 108 Å². The van der Waals surface area contributed by atoms with E-state index in [-0.39, 0.29) is 24.0 Å². The van der Waals surface area contributed by atoms with Crippen LogP contribution in [0, 0.1) is 17.7 Å². The van der Waals surface area contributed by atoms with Crippen molar-refractivity contribution in [2.45, 2.75) is 32.7 Å². The second kappa shape index (κ2) is 14.9. The molecule has 0 aliphatic carbocycles. The van der Waals surface area contributed by atoms with Crippen LogP contribution in [0.25, 0.3) is 10.2 Å². The lowest BCUT2D eigenvalue weighted by Gasteiger charge is -2.29. The fourth-order valence-corrected chi connectivity index (χ4v) is 7.34. The van der Waals surface area contributed by atoms with Crippen molar-refractivity contribution < 1.29 is 23.8 Å². The van der Waals surface area contributed by atoms with Crippen molar-refractivity contribution in [1.29, 1.82) is 0 Å². The van der Waals surface area contributed by atoms with Gasteiger partial charge in [0.25, 0.3) is 5.91 Å². The van der Waals surface area contributed by atoms with E-state index in [2.05, 4.69) is 32.0 Å². The normalized spacial score (nSPS) is 12.5. The largest absolute Gasteiger partial charge is 0.491 e. The summed E-state index contributed by atoms with van der Waals surface area (Å²) < 4.78 is 21.3. The van der Waals surface area contributed by atoms with Gasteiger partial charge in [0, 0.05) is 29.1 Å². The number of thiazole rings is 2. The Balaban J connectivity index is 1.09. The van der Waals surface area contributed by atoms with Crippen molar-refractivity contribution in [3.05, 3.63) is 99.3 Å². The molecule has 246 valence electrons. The number of halogens is 1. The number of carbonyl (C=O) groups excluding carboxylic acids is 1. The van der Waals surface area contributed by atoms with Crippen LogP contribution in [0.4, 0.5) is 14.7 Å². The first-order chi connectivity index (χ1) is 23.3. The number of aromatic nitrogens is 2. The Morgan fingerprint density at radius 3 is 2.77 bits per heavy atom. The lowest BCUT2D eigenvalue weighted by molar-refractivity contribution is 0.0690. The average Bonchev–Trinajstić information content (AvgIpc) is 3.71. The number of aromatic carboxylic acids is 1. The minimum Gasteiger partial charge on any atom is -0.491 e. The highest BCUT2D eigenvalue weighted by Crippen LogP contribution is 2.33. The zero-order chi connectivity index (χ0) is 33.6. The first-order valence-corrected chi connectivity index (χ1v) is 17.3. The third kappa shape index (κ3) is 7.65. The van der Waals surface area contributed by atoms with Crippen LogP contribution in [0.5, 0.6) is 5.75 Å². The van der Waals surface area contributed by atoms with Gasteiger partial charge in [-0.2, -0.15) is 0 Å². The van der Waals surface area contributed by atoms with Gasteiger partial charge in [-0.1, -0.05) is 54.4 Å². The van der Waals surface area contributed by atoms with Crippen molar-refractivity contribution >= 4 is 55.0 Å². The Morgan fingerprint density at radius 1 is 1.12 bits per heavy atom. The Morgan fingerprint density at radius 2 is 1.98 bits per heavy atom. The maximum Gasteiger partial charge on any atom is 0.355 e. The number of fused-ring (bicyclic) bond motifs is 2. The van der Waals surface area contributed by atoms with Gasteiger partial charge in [-0.15, -0.1) is 11.3 Å². The van der Waals surface area contributed by atoms with Crippen LogP contribution >= 0.6 is 22.7 Å². The molecule has 0 bridgehead atoms. The molecule has 0 radical (unpaired) electrons.